The Hall–Kier alpha value is -2.39. The van der Waals surface area contributed by atoms with Crippen LogP contribution in [0.5, 0.6) is 0 Å². The molecule has 1 saturated heterocycles. The highest BCUT2D eigenvalue weighted by Crippen LogP contribution is 2.43. The Bertz CT molecular complexity index is 924. The minimum absolute atomic E-state index is 0.0452. The summed E-state index contributed by atoms with van der Waals surface area (Å²) in [5.41, 5.74) is 8.24. The van der Waals surface area contributed by atoms with Gasteiger partial charge in [0.15, 0.2) is 0 Å². The van der Waals surface area contributed by atoms with Gasteiger partial charge in [-0.2, -0.15) is 0 Å². The SMILES string of the molecule is CN=C(/C=N\CN1CCCC1)C1SC2=C(CCN(c3ccc(F)c(N)c3)C2=O)N1C. The van der Waals surface area contributed by atoms with E-state index >= 15 is 0 Å². The highest BCUT2D eigenvalue weighted by Gasteiger charge is 2.40. The van der Waals surface area contributed by atoms with Gasteiger partial charge in [-0.25, -0.2) is 4.39 Å². The summed E-state index contributed by atoms with van der Waals surface area (Å²) in [4.78, 5) is 29.1. The zero-order valence-corrected chi connectivity index (χ0v) is 18.2. The van der Waals surface area contributed by atoms with Crippen molar-refractivity contribution in [1.29, 1.82) is 0 Å². The third-order valence-corrected chi connectivity index (χ3v) is 7.21. The molecule has 0 spiro atoms. The molecule has 1 fully saturated rings. The number of likely N-dealkylation sites (tertiary alicyclic amines) is 1. The number of thioether (sulfide) groups is 1. The Balaban J connectivity index is 1.47. The maximum atomic E-state index is 13.5. The molecular formula is C21H27FN6OS. The van der Waals surface area contributed by atoms with Gasteiger partial charge in [0.1, 0.15) is 11.2 Å². The van der Waals surface area contributed by atoms with E-state index in [0.717, 1.165) is 30.9 Å². The zero-order chi connectivity index (χ0) is 21.3. The highest BCUT2D eigenvalue weighted by molar-refractivity contribution is 8.05. The Labute approximate surface area is 180 Å². The average molecular weight is 431 g/mol. The molecule has 0 bridgehead atoms. The molecule has 3 aliphatic heterocycles. The van der Waals surface area contributed by atoms with E-state index in [0.29, 0.717) is 23.8 Å². The van der Waals surface area contributed by atoms with Crippen LogP contribution in [0, 0.1) is 5.82 Å². The second kappa shape index (κ2) is 8.77. The maximum absolute atomic E-state index is 13.5. The summed E-state index contributed by atoms with van der Waals surface area (Å²) >= 11 is 1.51. The Kier molecular flexibility index (Phi) is 6.10. The summed E-state index contributed by atoms with van der Waals surface area (Å²) in [6, 6.07) is 4.42. The topological polar surface area (TPSA) is 77.5 Å². The van der Waals surface area contributed by atoms with Crippen molar-refractivity contribution in [2.45, 2.75) is 24.6 Å². The molecule has 160 valence electrons. The molecular weight excluding hydrogens is 403 g/mol. The van der Waals surface area contributed by atoms with Gasteiger partial charge in [0.25, 0.3) is 5.91 Å². The van der Waals surface area contributed by atoms with Gasteiger partial charge >= 0.3 is 0 Å². The first-order chi connectivity index (χ1) is 14.5. The van der Waals surface area contributed by atoms with E-state index in [4.69, 9.17) is 5.73 Å². The van der Waals surface area contributed by atoms with Crippen LogP contribution in [0.1, 0.15) is 19.3 Å². The Morgan fingerprint density at radius 2 is 2.10 bits per heavy atom. The second-order valence-corrected chi connectivity index (χ2v) is 8.79. The fourth-order valence-electron chi connectivity index (χ4n) is 4.08. The lowest BCUT2D eigenvalue weighted by Crippen LogP contribution is -2.38. The number of carbonyl (C=O) groups excluding carboxylic acids is 1. The van der Waals surface area contributed by atoms with Gasteiger partial charge in [0.2, 0.25) is 0 Å². The number of nitrogens with two attached hydrogens (primary N) is 1. The van der Waals surface area contributed by atoms with Crippen LogP contribution in [-0.2, 0) is 4.79 Å². The summed E-state index contributed by atoms with van der Waals surface area (Å²) in [6.07, 6.45) is 5.04. The van der Waals surface area contributed by atoms with E-state index in [1.54, 1.807) is 18.0 Å². The molecule has 4 rings (SSSR count). The van der Waals surface area contributed by atoms with E-state index in [-0.39, 0.29) is 17.0 Å². The normalized spacial score (nSPS) is 23.2. The van der Waals surface area contributed by atoms with Crippen LogP contribution in [0.15, 0.2) is 38.8 Å². The van der Waals surface area contributed by atoms with E-state index in [1.165, 1.54) is 36.7 Å². The van der Waals surface area contributed by atoms with Gasteiger partial charge in [-0.1, -0.05) is 11.8 Å². The lowest BCUT2D eigenvalue weighted by molar-refractivity contribution is -0.114. The van der Waals surface area contributed by atoms with Crippen LogP contribution in [0.4, 0.5) is 15.8 Å². The predicted octanol–water partition coefficient (Wildman–Crippen LogP) is 2.56. The number of halogens is 1. The first kappa shape index (κ1) is 20.9. The molecule has 0 saturated carbocycles. The second-order valence-electron chi connectivity index (χ2n) is 7.70. The number of rotatable bonds is 5. The smallest absolute Gasteiger partial charge is 0.266 e. The number of nitrogens with zero attached hydrogens (tertiary/aromatic N) is 5. The highest BCUT2D eigenvalue weighted by atomic mass is 32.2. The Morgan fingerprint density at radius 3 is 2.80 bits per heavy atom. The van der Waals surface area contributed by atoms with E-state index in [2.05, 4.69) is 19.8 Å². The van der Waals surface area contributed by atoms with Gasteiger partial charge in [0.05, 0.1) is 23.0 Å². The summed E-state index contributed by atoms with van der Waals surface area (Å²) < 4.78 is 13.5. The van der Waals surface area contributed by atoms with Gasteiger partial charge in [0, 0.05) is 44.7 Å². The third-order valence-electron chi connectivity index (χ3n) is 5.79. The van der Waals surface area contributed by atoms with Crippen LogP contribution >= 0.6 is 11.8 Å². The van der Waals surface area contributed by atoms with E-state index < -0.39 is 5.82 Å². The van der Waals surface area contributed by atoms with Crippen molar-refractivity contribution in [1.82, 2.24) is 9.80 Å². The quantitative estimate of drug-likeness (QED) is 0.574. The molecule has 1 amide bonds. The molecule has 0 aliphatic carbocycles. The number of benzene rings is 1. The molecule has 3 aliphatic rings. The van der Waals surface area contributed by atoms with Crippen molar-refractivity contribution in [2.24, 2.45) is 9.98 Å². The van der Waals surface area contributed by atoms with Crippen molar-refractivity contribution in [2.75, 3.05) is 51.0 Å². The Morgan fingerprint density at radius 1 is 1.33 bits per heavy atom. The number of nitrogen functional groups attached to an aromatic ring is 1. The molecule has 3 heterocycles. The molecule has 1 aromatic rings. The van der Waals surface area contributed by atoms with Gasteiger partial charge in [-0.05, 0) is 44.1 Å². The first-order valence-electron chi connectivity index (χ1n) is 10.2. The minimum Gasteiger partial charge on any atom is -0.396 e. The summed E-state index contributed by atoms with van der Waals surface area (Å²) in [7, 11) is 3.76. The summed E-state index contributed by atoms with van der Waals surface area (Å²) in [5.74, 6) is -0.554. The number of anilines is 2. The van der Waals surface area contributed by atoms with Crippen molar-refractivity contribution < 1.29 is 9.18 Å². The number of carbonyl (C=O) groups is 1. The van der Waals surface area contributed by atoms with Gasteiger partial charge in [-0.3, -0.25) is 19.7 Å². The van der Waals surface area contributed by atoms with E-state index in [1.807, 2.05) is 13.3 Å². The molecule has 2 N–H and O–H groups in total. The summed E-state index contributed by atoms with van der Waals surface area (Å²) in [6.45, 7) is 3.41. The molecule has 1 atom stereocenters. The predicted molar refractivity (Wildman–Crippen MR) is 121 cm³/mol. The molecule has 1 aromatic carbocycles. The van der Waals surface area contributed by atoms with Crippen LogP contribution in [-0.4, -0.2) is 73.4 Å². The monoisotopic (exact) mass is 430 g/mol. The molecule has 0 radical (unpaired) electrons. The largest absolute Gasteiger partial charge is 0.396 e. The van der Waals surface area contributed by atoms with Crippen LogP contribution < -0.4 is 10.6 Å². The fourth-order valence-corrected chi connectivity index (χ4v) is 5.46. The zero-order valence-electron chi connectivity index (χ0n) is 17.3. The lowest BCUT2D eigenvalue weighted by atomic mass is 10.1. The van der Waals surface area contributed by atoms with Crippen LogP contribution in [0.2, 0.25) is 0 Å². The standard InChI is InChI=1S/C21H27FN6OS/c1-24-17(12-25-13-27-8-3-4-9-27)21-26(2)18-7-10-28(20(29)19(18)30-21)14-5-6-15(22)16(23)11-14/h5-6,11-12,21H,3-4,7-10,13,23H2,1-2H3/b24-17?,25-12-. The minimum atomic E-state index is -0.477. The first-order valence-corrected chi connectivity index (χ1v) is 11.1. The van der Waals surface area contributed by atoms with Crippen molar-refractivity contribution in [3.05, 3.63) is 34.6 Å². The van der Waals surface area contributed by atoms with Gasteiger partial charge in [-0.15, -0.1) is 0 Å². The maximum Gasteiger partial charge on any atom is 0.266 e. The third kappa shape index (κ3) is 3.96. The van der Waals surface area contributed by atoms with Crippen molar-refractivity contribution in [3.63, 3.8) is 0 Å². The van der Waals surface area contributed by atoms with Crippen molar-refractivity contribution in [3.8, 4) is 0 Å². The van der Waals surface area contributed by atoms with Crippen LogP contribution in [0.3, 0.4) is 0 Å². The van der Waals surface area contributed by atoms with Gasteiger partial charge < -0.3 is 15.5 Å². The van der Waals surface area contributed by atoms with E-state index in [9.17, 15) is 9.18 Å². The fraction of sp³-hybridized carbons (Fsp3) is 0.476. The molecule has 7 nitrogen and oxygen atoms in total. The van der Waals surface area contributed by atoms with Crippen LogP contribution in [0.25, 0.3) is 0 Å². The number of aliphatic imine (C=N–C) groups is 2. The number of hydrogen-bond donors (Lipinski definition) is 1. The summed E-state index contributed by atoms with van der Waals surface area (Å²) in [5, 5.41) is -0.0792. The molecule has 0 aromatic heterocycles. The molecule has 1 unspecified atom stereocenters. The molecule has 9 heteroatoms. The number of hydrogen-bond acceptors (Lipinski definition) is 7. The number of amides is 1. The lowest BCUT2D eigenvalue weighted by Gasteiger charge is -2.30. The average Bonchev–Trinajstić information content (AvgIpc) is 3.37. The van der Waals surface area contributed by atoms with Crippen molar-refractivity contribution >= 4 is 41.0 Å². The molecule has 30 heavy (non-hydrogen) atoms.